The van der Waals surface area contributed by atoms with Gasteiger partial charge in [-0.05, 0) is 49.2 Å². The Morgan fingerprint density at radius 1 is 0.757 bits per heavy atom. The molecule has 0 radical (unpaired) electrons. The van der Waals surface area contributed by atoms with Crippen LogP contribution in [0.2, 0.25) is 0 Å². The van der Waals surface area contributed by atoms with Crippen LogP contribution in [0.5, 0.6) is 17.2 Å². The van der Waals surface area contributed by atoms with Gasteiger partial charge in [-0.25, -0.2) is 14.0 Å². The van der Waals surface area contributed by atoms with Crippen molar-refractivity contribution in [3.05, 3.63) is 66.5 Å². The molecular formula is C28H31FO8. The van der Waals surface area contributed by atoms with Crippen molar-refractivity contribution in [3.63, 3.8) is 0 Å². The molecule has 37 heavy (non-hydrogen) atoms. The number of carbonyl (C=O) groups is 3. The van der Waals surface area contributed by atoms with E-state index in [4.69, 9.17) is 23.7 Å². The lowest BCUT2D eigenvalue weighted by Crippen LogP contribution is -2.16. The average Bonchev–Trinajstić information content (AvgIpc) is 2.85. The molecule has 0 amide bonds. The van der Waals surface area contributed by atoms with Gasteiger partial charge < -0.3 is 23.7 Å². The first-order chi connectivity index (χ1) is 17.5. The summed E-state index contributed by atoms with van der Waals surface area (Å²) in [6.45, 7) is 13.6. The minimum absolute atomic E-state index is 0.00549. The Morgan fingerprint density at radius 2 is 1.30 bits per heavy atom. The fourth-order valence-electron chi connectivity index (χ4n) is 2.74. The summed E-state index contributed by atoms with van der Waals surface area (Å²) in [5.74, 6) is -2.16. The molecule has 0 spiro atoms. The Morgan fingerprint density at radius 3 is 1.86 bits per heavy atom. The van der Waals surface area contributed by atoms with Crippen LogP contribution in [0.1, 0.15) is 27.7 Å². The lowest BCUT2D eigenvalue weighted by Gasteiger charge is -2.15. The van der Waals surface area contributed by atoms with Crippen LogP contribution >= 0.6 is 0 Å². The molecule has 0 atom stereocenters. The molecule has 9 heteroatoms. The zero-order chi connectivity index (χ0) is 27.5. The second-order valence-corrected chi connectivity index (χ2v) is 8.41. The highest BCUT2D eigenvalue weighted by atomic mass is 19.1. The van der Waals surface area contributed by atoms with Gasteiger partial charge in [-0.2, -0.15) is 0 Å². The van der Waals surface area contributed by atoms with Gasteiger partial charge in [-0.15, -0.1) is 0 Å². The highest BCUT2D eigenvalue weighted by molar-refractivity contribution is 5.89. The van der Waals surface area contributed by atoms with E-state index < -0.39 is 17.8 Å². The average molecular weight is 515 g/mol. The number of hydrogen-bond acceptors (Lipinski definition) is 8. The van der Waals surface area contributed by atoms with Gasteiger partial charge in [-0.1, -0.05) is 39.1 Å². The number of rotatable bonds is 13. The number of halogens is 1. The van der Waals surface area contributed by atoms with E-state index in [1.54, 1.807) is 45.0 Å². The molecule has 2 aromatic carbocycles. The van der Waals surface area contributed by atoms with Gasteiger partial charge in [0.25, 0.3) is 0 Å². The summed E-state index contributed by atoms with van der Waals surface area (Å²) >= 11 is 0. The second kappa shape index (κ2) is 13.8. The maximum atomic E-state index is 14.6. The second-order valence-electron chi connectivity index (χ2n) is 8.41. The quantitative estimate of drug-likeness (QED) is 0.159. The Balaban J connectivity index is 2.19. The predicted octanol–water partition coefficient (Wildman–Crippen LogP) is 5.05. The van der Waals surface area contributed by atoms with Crippen LogP contribution in [-0.4, -0.2) is 44.3 Å². The molecule has 2 rings (SSSR count). The molecule has 0 aliphatic rings. The van der Waals surface area contributed by atoms with Gasteiger partial charge in [0, 0.05) is 11.1 Å². The third-order valence-electron chi connectivity index (χ3n) is 4.74. The SMILES string of the molecule is C=C(C)C(=O)OCCOc1ccc(-c2ccc(OC(=O)C(=C)C)c(F)c2)cc1OCCOC(=O)C(C)C. The molecular weight excluding hydrogens is 483 g/mol. The van der Waals surface area contributed by atoms with E-state index in [1.165, 1.54) is 19.1 Å². The highest BCUT2D eigenvalue weighted by Crippen LogP contribution is 2.34. The first-order valence-electron chi connectivity index (χ1n) is 11.6. The molecule has 0 aliphatic carbocycles. The molecule has 0 saturated carbocycles. The fraction of sp³-hybridized carbons (Fsp3) is 0.321. The maximum absolute atomic E-state index is 14.6. The number of ether oxygens (including phenoxy) is 5. The van der Waals surface area contributed by atoms with Crippen molar-refractivity contribution in [1.29, 1.82) is 0 Å². The van der Waals surface area contributed by atoms with Crippen LogP contribution in [0.15, 0.2) is 60.7 Å². The molecule has 0 fully saturated rings. The van der Waals surface area contributed by atoms with Crippen molar-refractivity contribution >= 4 is 17.9 Å². The van der Waals surface area contributed by atoms with E-state index in [0.29, 0.717) is 22.6 Å². The summed E-state index contributed by atoms with van der Waals surface area (Å²) in [5.41, 5.74) is 1.50. The van der Waals surface area contributed by atoms with Gasteiger partial charge in [0.05, 0.1) is 5.92 Å². The Hall–Kier alpha value is -4.14. The largest absolute Gasteiger partial charge is 0.486 e. The number of esters is 3. The van der Waals surface area contributed by atoms with Crippen LogP contribution in [-0.2, 0) is 23.9 Å². The lowest BCUT2D eigenvalue weighted by atomic mass is 10.0. The molecule has 198 valence electrons. The van der Waals surface area contributed by atoms with Crippen molar-refractivity contribution in [3.8, 4) is 28.4 Å². The topological polar surface area (TPSA) is 97.4 Å². The van der Waals surface area contributed by atoms with Crippen LogP contribution < -0.4 is 14.2 Å². The molecule has 0 unspecified atom stereocenters. The summed E-state index contributed by atoms with van der Waals surface area (Å²) in [6, 6.07) is 9.10. The molecule has 8 nitrogen and oxygen atoms in total. The third-order valence-corrected chi connectivity index (χ3v) is 4.74. The van der Waals surface area contributed by atoms with Crippen LogP contribution in [0.3, 0.4) is 0 Å². The van der Waals surface area contributed by atoms with E-state index in [2.05, 4.69) is 13.2 Å². The summed E-state index contributed by atoms with van der Waals surface area (Å²) in [6.07, 6.45) is 0. The highest BCUT2D eigenvalue weighted by Gasteiger charge is 2.14. The standard InChI is InChI=1S/C28H31FO8/c1-17(2)26(30)35-13-11-33-24-10-8-21(16-25(24)34-12-14-36-27(31)18(3)4)20-7-9-23(22(29)15-20)37-28(32)19(5)6/h7-10,15-16,18H,1,5,11-14H2,2-4,6H3. The first-order valence-corrected chi connectivity index (χ1v) is 11.6. The van der Waals surface area contributed by atoms with E-state index in [-0.39, 0.29) is 55.2 Å². The summed E-state index contributed by atoms with van der Waals surface area (Å²) in [4.78, 5) is 34.9. The van der Waals surface area contributed by atoms with E-state index in [9.17, 15) is 18.8 Å². The maximum Gasteiger partial charge on any atom is 0.338 e. The molecule has 0 aliphatic heterocycles. The summed E-state index contributed by atoms with van der Waals surface area (Å²) in [5, 5.41) is 0. The van der Waals surface area contributed by atoms with Crippen LogP contribution in [0, 0.1) is 11.7 Å². The van der Waals surface area contributed by atoms with Crippen molar-refractivity contribution in [1.82, 2.24) is 0 Å². The number of hydrogen-bond donors (Lipinski definition) is 0. The van der Waals surface area contributed by atoms with Crippen molar-refractivity contribution in [2.75, 3.05) is 26.4 Å². The molecule has 0 saturated heterocycles. The van der Waals surface area contributed by atoms with E-state index >= 15 is 0 Å². The van der Waals surface area contributed by atoms with E-state index in [0.717, 1.165) is 0 Å². The zero-order valence-corrected chi connectivity index (χ0v) is 21.4. The van der Waals surface area contributed by atoms with Crippen molar-refractivity contribution < 1.29 is 42.5 Å². The monoisotopic (exact) mass is 514 g/mol. The normalized spacial score (nSPS) is 10.4. The smallest absolute Gasteiger partial charge is 0.338 e. The number of carbonyl (C=O) groups excluding carboxylic acids is 3. The van der Waals surface area contributed by atoms with Crippen LogP contribution in [0.4, 0.5) is 4.39 Å². The molecule has 0 bridgehead atoms. The van der Waals surface area contributed by atoms with Gasteiger partial charge >= 0.3 is 17.9 Å². The van der Waals surface area contributed by atoms with Crippen molar-refractivity contribution in [2.45, 2.75) is 27.7 Å². The zero-order valence-electron chi connectivity index (χ0n) is 21.4. The van der Waals surface area contributed by atoms with Crippen molar-refractivity contribution in [2.24, 2.45) is 5.92 Å². The molecule has 2 aromatic rings. The lowest BCUT2D eigenvalue weighted by molar-refractivity contribution is -0.148. The minimum Gasteiger partial charge on any atom is -0.486 e. The predicted molar refractivity (Wildman–Crippen MR) is 135 cm³/mol. The summed E-state index contributed by atoms with van der Waals surface area (Å²) in [7, 11) is 0. The Labute approximate surface area is 215 Å². The Kier molecular flexibility index (Phi) is 10.9. The molecule has 0 aromatic heterocycles. The minimum atomic E-state index is -0.727. The summed E-state index contributed by atoms with van der Waals surface area (Å²) < 4.78 is 41.2. The Bertz CT molecular complexity index is 1170. The van der Waals surface area contributed by atoms with Crippen LogP contribution in [0.25, 0.3) is 11.1 Å². The van der Waals surface area contributed by atoms with Gasteiger partial charge in [0.1, 0.15) is 26.4 Å². The molecule has 0 heterocycles. The molecule has 0 N–H and O–H groups in total. The number of benzene rings is 2. The fourth-order valence-corrected chi connectivity index (χ4v) is 2.74. The van der Waals surface area contributed by atoms with E-state index in [1.807, 2.05) is 0 Å². The van der Waals surface area contributed by atoms with Gasteiger partial charge in [0.15, 0.2) is 23.1 Å². The third kappa shape index (κ3) is 9.10. The van der Waals surface area contributed by atoms with Gasteiger partial charge in [-0.3, -0.25) is 4.79 Å². The first kappa shape index (κ1) is 29.1. The van der Waals surface area contributed by atoms with Gasteiger partial charge in [0.2, 0.25) is 0 Å².